The highest BCUT2D eigenvalue weighted by molar-refractivity contribution is 7.18. The zero-order valence-electron chi connectivity index (χ0n) is 19.6. The van der Waals surface area contributed by atoms with Crippen molar-refractivity contribution in [1.82, 2.24) is 29.8 Å². The molecule has 1 saturated carbocycles. The van der Waals surface area contributed by atoms with Gasteiger partial charge in [0.25, 0.3) is 0 Å². The predicted molar refractivity (Wildman–Crippen MR) is 131 cm³/mol. The molecule has 0 radical (unpaired) electrons. The molecule has 10 heteroatoms. The van der Waals surface area contributed by atoms with E-state index in [1.165, 1.54) is 30.6 Å². The minimum absolute atomic E-state index is 0.211. The fraction of sp³-hybridized carbons (Fsp3) is 0.542. The third-order valence-electron chi connectivity index (χ3n) is 6.40. The molecule has 0 amide bonds. The number of β-amino-alcohol motifs (C(OH)–C–C–N with tert-alkyl or cyclic N) is 1. The molecule has 0 bridgehead atoms. The SMILES string of the molecule is Cc1cc(-c2cnc(Nc3cnc(CN4C[C@H](O)C[C@H]4C)cn3)s2)nc(OC2CCCCC2)n1. The van der Waals surface area contributed by atoms with Crippen LogP contribution in [0.25, 0.3) is 10.6 Å². The van der Waals surface area contributed by atoms with E-state index in [1.54, 1.807) is 18.6 Å². The van der Waals surface area contributed by atoms with Crippen molar-refractivity contribution in [2.24, 2.45) is 0 Å². The van der Waals surface area contributed by atoms with Gasteiger partial charge in [-0.05, 0) is 52.0 Å². The largest absolute Gasteiger partial charge is 0.460 e. The van der Waals surface area contributed by atoms with Crippen LogP contribution >= 0.6 is 11.3 Å². The second-order valence-electron chi connectivity index (χ2n) is 9.27. The lowest BCUT2D eigenvalue weighted by atomic mass is 9.98. The molecule has 9 nitrogen and oxygen atoms in total. The molecule has 2 fully saturated rings. The third kappa shape index (κ3) is 5.68. The quantitative estimate of drug-likeness (QED) is 0.515. The van der Waals surface area contributed by atoms with E-state index in [4.69, 9.17) is 4.74 Å². The third-order valence-corrected chi connectivity index (χ3v) is 7.34. The molecular formula is C24H31N7O2S. The van der Waals surface area contributed by atoms with Gasteiger partial charge in [-0.15, -0.1) is 0 Å². The smallest absolute Gasteiger partial charge is 0.317 e. The van der Waals surface area contributed by atoms with Crippen LogP contribution in [-0.4, -0.2) is 59.7 Å². The molecule has 180 valence electrons. The van der Waals surface area contributed by atoms with E-state index in [1.807, 2.05) is 13.0 Å². The van der Waals surface area contributed by atoms with Crippen LogP contribution in [0.1, 0.15) is 56.8 Å². The van der Waals surface area contributed by atoms with Crippen LogP contribution in [0.4, 0.5) is 10.9 Å². The lowest BCUT2D eigenvalue weighted by Crippen LogP contribution is -2.27. The van der Waals surface area contributed by atoms with Crippen molar-refractivity contribution < 1.29 is 9.84 Å². The van der Waals surface area contributed by atoms with Gasteiger partial charge in [-0.3, -0.25) is 9.88 Å². The van der Waals surface area contributed by atoms with Crippen molar-refractivity contribution in [3.63, 3.8) is 0 Å². The van der Waals surface area contributed by atoms with Gasteiger partial charge < -0.3 is 15.2 Å². The van der Waals surface area contributed by atoms with Gasteiger partial charge in [-0.25, -0.2) is 15.0 Å². The molecule has 0 unspecified atom stereocenters. The van der Waals surface area contributed by atoms with Gasteiger partial charge >= 0.3 is 6.01 Å². The Morgan fingerprint density at radius 3 is 2.71 bits per heavy atom. The molecule has 1 saturated heterocycles. The zero-order chi connectivity index (χ0) is 23.5. The zero-order valence-corrected chi connectivity index (χ0v) is 20.5. The van der Waals surface area contributed by atoms with Crippen molar-refractivity contribution in [1.29, 1.82) is 0 Å². The maximum atomic E-state index is 9.84. The van der Waals surface area contributed by atoms with Crippen molar-refractivity contribution >= 4 is 22.3 Å². The van der Waals surface area contributed by atoms with Crippen molar-refractivity contribution in [2.45, 2.75) is 77.2 Å². The molecular weight excluding hydrogens is 450 g/mol. The number of thiazole rings is 1. The summed E-state index contributed by atoms with van der Waals surface area (Å²) in [6, 6.07) is 2.75. The average molecular weight is 482 g/mol. The number of rotatable bonds is 7. The Morgan fingerprint density at radius 2 is 1.97 bits per heavy atom. The fourth-order valence-corrected chi connectivity index (χ4v) is 5.39. The molecule has 0 spiro atoms. The van der Waals surface area contributed by atoms with Gasteiger partial charge in [-0.2, -0.15) is 4.98 Å². The molecule has 1 aliphatic heterocycles. The number of aliphatic hydroxyl groups is 1. The molecule has 2 aliphatic rings. The van der Waals surface area contributed by atoms with E-state index in [-0.39, 0.29) is 12.2 Å². The number of aryl methyl sites for hydroxylation is 1. The molecule has 2 N–H and O–H groups in total. The van der Waals surface area contributed by atoms with Crippen molar-refractivity contribution in [2.75, 3.05) is 11.9 Å². The molecule has 34 heavy (non-hydrogen) atoms. The highest BCUT2D eigenvalue weighted by Crippen LogP contribution is 2.31. The van der Waals surface area contributed by atoms with Crippen molar-refractivity contribution in [3.05, 3.63) is 36.0 Å². The first-order valence-electron chi connectivity index (χ1n) is 12.0. The summed E-state index contributed by atoms with van der Waals surface area (Å²) in [5.74, 6) is 0.638. The normalized spacial score (nSPS) is 21.6. The first-order chi connectivity index (χ1) is 16.5. The Morgan fingerprint density at radius 1 is 1.12 bits per heavy atom. The summed E-state index contributed by atoms with van der Waals surface area (Å²) in [5, 5.41) is 13.8. The minimum atomic E-state index is -0.253. The van der Waals surface area contributed by atoms with E-state index in [9.17, 15) is 5.11 Å². The number of nitrogens with one attached hydrogen (secondary N) is 1. The van der Waals surface area contributed by atoms with Gasteiger partial charge in [0.15, 0.2) is 10.9 Å². The van der Waals surface area contributed by atoms with E-state index >= 15 is 0 Å². The Bertz CT molecular complexity index is 1100. The monoisotopic (exact) mass is 481 g/mol. The number of nitrogens with zero attached hydrogens (tertiary/aromatic N) is 6. The fourth-order valence-electron chi connectivity index (χ4n) is 4.61. The van der Waals surface area contributed by atoms with E-state index in [0.29, 0.717) is 31.0 Å². The maximum Gasteiger partial charge on any atom is 0.317 e. The molecule has 5 rings (SSSR count). The summed E-state index contributed by atoms with van der Waals surface area (Å²) in [7, 11) is 0. The lowest BCUT2D eigenvalue weighted by molar-refractivity contribution is 0.142. The van der Waals surface area contributed by atoms with Crippen LogP contribution in [-0.2, 0) is 6.54 Å². The Balaban J connectivity index is 1.23. The van der Waals surface area contributed by atoms with Crippen LogP contribution in [0, 0.1) is 6.92 Å². The molecule has 3 aromatic heterocycles. The van der Waals surface area contributed by atoms with Crippen LogP contribution in [0.15, 0.2) is 24.7 Å². The molecule has 2 atom stereocenters. The number of anilines is 2. The van der Waals surface area contributed by atoms with Gasteiger partial charge in [0.1, 0.15) is 6.10 Å². The Kier molecular flexibility index (Phi) is 6.98. The predicted octanol–water partition coefficient (Wildman–Crippen LogP) is 4.11. The van der Waals surface area contributed by atoms with Crippen LogP contribution in [0.3, 0.4) is 0 Å². The molecule has 0 aromatic carbocycles. The Labute approximate surface area is 203 Å². The number of ether oxygens (including phenoxy) is 1. The number of aromatic nitrogens is 5. The number of hydrogen-bond acceptors (Lipinski definition) is 10. The van der Waals surface area contributed by atoms with Crippen molar-refractivity contribution in [3.8, 4) is 16.6 Å². The van der Waals surface area contributed by atoms with Gasteiger partial charge in [0.2, 0.25) is 0 Å². The second kappa shape index (κ2) is 10.3. The first-order valence-corrected chi connectivity index (χ1v) is 12.8. The van der Waals surface area contributed by atoms with Crippen LogP contribution in [0.5, 0.6) is 6.01 Å². The highest BCUT2D eigenvalue weighted by Gasteiger charge is 2.27. The molecule has 3 aromatic rings. The topological polar surface area (TPSA) is 109 Å². The van der Waals surface area contributed by atoms with Gasteiger partial charge in [-0.1, -0.05) is 17.8 Å². The second-order valence-corrected chi connectivity index (χ2v) is 10.3. The first kappa shape index (κ1) is 23.1. The summed E-state index contributed by atoms with van der Waals surface area (Å²) in [6.45, 7) is 5.45. The Hall–Kier alpha value is -2.69. The maximum absolute atomic E-state index is 9.84. The van der Waals surface area contributed by atoms with Crippen LogP contribution < -0.4 is 10.1 Å². The standard InChI is InChI=1S/C24H31N7O2S/c1-15-8-20(29-23(28-15)33-19-6-4-3-5-7-19)21-11-27-24(34-21)30-22-12-25-17(10-26-22)13-31-14-18(32)9-16(31)2/h8,10-12,16,18-19,32H,3-7,9,13-14H2,1-2H3,(H,26,27,30)/t16-,18-/m1/s1. The highest BCUT2D eigenvalue weighted by atomic mass is 32.1. The summed E-state index contributed by atoms with van der Waals surface area (Å²) in [6.07, 6.45) is 11.9. The summed E-state index contributed by atoms with van der Waals surface area (Å²) in [4.78, 5) is 25.8. The van der Waals surface area contributed by atoms with E-state index in [2.05, 4.69) is 42.1 Å². The minimum Gasteiger partial charge on any atom is -0.460 e. The summed E-state index contributed by atoms with van der Waals surface area (Å²) >= 11 is 1.50. The summed E-state index contributed by atoms with van der Waals surface area (Å²) in [5.41, 5.74) is 2.57. The average Bonchev–Trinajstić information content (AvgIpc) is 3.41. The lowest BCUT2D eigenvalue weighted by Gasteiger charge is -2.21. The molecule has 1 aliphatic carbocycles. The summed E-state index contributed by atoms with van der Waals surface area (Å²) < 4.78 is 6.08. The van der Waals surface area contributed by atoms with Gasteiger partial charge in [0, 0.05) is 31.0 Å². The van der Waals surface area contributed by atoms with E-state index < -0.39 is 0 Å². The van der Waals surface area contributed by atoms with Gasteiger partial charge in [0.05, 0.1) is 34.8 Å². The molecule has 4 heterocycles. The van der Waals surface area contributed by atoms with Crippen LogP contribution in [0.2, 0.25) is 0 Å². The number of hydrogen-bond donors (Lipinski definition) is 2. The van der Waals surface area contributed by atoms with E-state index in [0.717, 1.165) is 46.4 Å². The number of aliphatic hydroxyl groups excluding tert-OH is 1. The number of likely N-dealkylation sites (tertiary alicyclic amines) is 1.